The van der Waals surface area contributed by atoms with E-state index >= 15 is 0 Å². The molecule has 0 saturated carbocycles. The van der Waals surface area contributed by atoms with Gasteiger partial charge in [-0.1, -0.05) is 42.5 Å². The van der Waals surface area contributed by atoms with Crippen LogP contribution >= 0.6 is 0 Å². The first-order valence-corrected chi connectivity index (χ1v) is 15.5. The predicted octanol–water partition coefficient (Wildman–Crippen LogP) is 5.93. The highest BCUT2D eigenvalue weighted by molar-refractivity contribution is 7.92. The number of aliphatic hydroxyl groups is 1. The summed E-state index contributed by atoms with van der Waals surface area (Å²) in [5.41, 5.74) is 1.91. The van der Waals surface area contributed by atoms with Crippen LogP contribution in [-0.2, 0) is 16.4 Å². The molecule has 1 atom stereocenters. The van der Waals surface area contributed by atoms with Crippen molar-refractivity contribution >= 4 is 43.7 Å². The van der Waals surface area contributed by atoms with Gasteiger partial charge in [-0.05, 0) is 77.8 Å². The summed E-state index contributed by atoms with van der Waals surface area (Å²) in [5.74, 6) is 0.790. The minimum Gasteiger partial charge on any atom is -0.489 e. The molecule has 4 aromatic carbocycles. The van der Waals surface area contributed by atoms with E-state index in [0.29, 0.717) is 42.5 Å². The van der Waals surface area contributed by atoms with E-state index in [1.807, 2.05) is 36.4 Å². The van der Waals surface area contributed by atoms with Gasteiger partial charge in [-0.2, -0.15) is 0 Å². The maximum absolute atomic E-state index is 12.9. The van der Waals surface area contributed by atoms with Crippen LogP contribution < -0.4 is 14.8 Å². The molecule has 0 amide bonds. The molecule has 13 heteroatoms. The third-order valence-corrected chi connectivity index (χ3v) is 8.08. The SMILES string of the molecule is O=[N+]([O-])c1ccc(N=Nc2ccc(OC[C@@H](O)CNCCc3ccc(NS(=O)(=O)c4ccc5ccccc5c4)cc3)cn2)cc1. The highest BCUT2D eigenvalue weighted by Gasteiger charge is 2.15. The van der Waals surface area contributed by atoms with Crippen molar-refractivity contribution in [1.82, 2.24) is 10.3 Å². The normalized spacial score (nSPS) is 12.3. The zero-order valence-electron chi connectivity index (χ0n) is 24.0. The second kappa shape index (κ2) is 14.5. The minimum atomic E-state index is -3.72. The number of nitro benzene ring substituents is 1. The highest BCUT2D eigenvalue weighted by Crippen LogP contribution is 2.23. The van der Waals surface area contributed by atoms with Gasteiger partial charge >= 0.3 is 0 Å². The Balaban J connectivity index is 1.01. The fraction of sp³-hybridized carbons (Fsp3) is 0.156. The monoisotopic (exact) mass is 626 g/mol. The number of sulfonamides is 1. The first kappa shape index (κ1) is 31.2. The van der Waals surface area contributed by atoms with Gasteiger partial charge in [0.1, 0.15) is 18.5 Å². The smallest absolute Gasteiger partial charge is 0.269 e. The van der Waals surface area contributed by atoms with E-state index in [0.717, 1.165) is 16.3 Å². The summed E-state index contributed by atoms with van der Waals surface area (Å²) in [4.78, 5) is 14.6. The molecule has 3 N–H and O–H groups in total. The topological polar surface area (TPSA) is 168 Å². The van der Waals surface area contributed by atoms with Crippen LogP contribution in [0.1, 0.15) is 5.56 Å². The fourth-order valence-electron chi connectivity index (χ4n) is 4.31. The third-order valence-electron chi connectivity index (χ3n) is 6.70. The largest absolute Gasteiger partial charge is 0.489 e. The summed E-state index contributed by atoms with van der Waals surface area (Å²) in [6, 6.07) is 28.8. The summed E-state index contributed by atoms with van der Waals surface area (Å²) in [7, 11) is -3.72. The molecule has 12 nitrogen and oxygen atoms in total. The first-order valence-electron chi connectivity index (χ1n) is 14.0. The van der Waals surface area contributed by atoms with Crippen molar-refractivity contribution in [3.8, 4) is 5.75 Å². The van der Waals surface area contributed by atoms with Crippen molar-refractivity contribution in [2.75, 3.05) is 24.4 Å². The van der Waals surface area contributed by atoms with Gasteiger partial charge in [0, 0.05) is 24.4 Å². The van der Waals surface area contributed by atoms with Gasteiger partial charge in [-0.15, -0.1) is 10.2 Å². The van der Waals surface area contributed by atoms with Crippen LogP contribution in [0.2, 0.25) is 0 Å². The van der Waals surface area contributed by atoms with Gasteiger partial charge in [0.05, 0.1) is 21.7 Å². The molecular formula is C32H30N6O6S. The van der Waals surface area contributed by atoms with Crippen molar-refractivity contribution in [3.63, 3.8) is 0 Å². The van der Waals surface area contributed by atoms with Crippen molar-refractivity contribution in [1.29, 1.82) is 0 Å². The number of pyridine rings is 1. The highest BCUT2D eigenvalue weighted by atomic mass is 32.2. The Bertz CT molecular complexity index is 1880. The number of ether oxygens (including phenoxy) is 1. The fourth-order valence-corrected chi connectivity index (χ4v) is 5.40. The van der Waals surface area contributed by atoms with E-state index in [1.54, 1.807) is 42.5 Å². The number of nitrogens with one attached hydrogen (secondary N) is 2. The molecule has 0 unspecified atom stereocenters. The number of nitrogens with zero attached hydrogens (tertiary/aromatic N) is 4. The Kier molecular flexibility index (Phi) is 10.0. The summed E-state index contributed by atoms with van der Waals surface area (Å²) in [6.07, 6.45) is 1.40. The molecule has 0 aliphatic rings. The van der Waals surface area contributed by atoms with Gasteiger partial charge in [0.2, 0.25) is 0 Å². The molecule has 0 fully saturated rings. The number of aromatic nitrogens is 1. The first-order chi connectivity index (χ1) is 21.7. The molecule has 230 valence electrons. The Labute approximate surface area is 259 Å². The lowest BCUT2D eigenvalue weighted by Gasteiger charge is -2.13. The summed E-state index contributed by atoms with van der Waals surface area (Å²) < 4.78 is 34.0. The molecule has 0 bridgehead atoms. The number of fused-ring (bicyclic) bond motifs is 1. The van der Waals surface area contributed by atoms with E-state index in [-0.39, 0.29) is 17.2 Å². The number of nitro groups is 1. The molecular weight excluding hydrogens is 596 g/mol. The lowest BCUT2D eigenvalue weighted by atomic mass is 10.1. The molecule has 1 heterocycles. The third kappa shape index (κ3) is 8.89. The summed E-state index contributed by atoms with van der Waals surface area (Å²) in [5, 5.41) is 34.0. The Morgan fingerprint density at radius 2 is 1.67 bits per heavy atom. The number of aliphatic hydroxyl groups excluding tert-OH is 1. The van der Waals surface area contributed by atoms with Crippen molar-refractivity contribution in [3.05, 3.63) is 125 Å². The Morgan fingerprint density at radius 1 is 0.911 bits per heavy atom. The molecule has 5 aromatic rings. The lowest BCUT2D eigenvalue weighted by molar-refractivity contribution is -0.384. The van der Waals surface area contributed by atoms with Gasteiger partial charge in [-0.25, -0.2) is 13.4 Å². The molecule has 1 aromatic heterocycles. The molecule has 0 spiro atoms. The van der Waals surface area contributed by atoms with Crippen LogP contribution in [0, 0.1) is 10.1 Å². The van der Waals surface area contributed by atoms with Gasteiger partial charge < -0.3 is 15.2 Å². The molecule has 0 aliphatic carbocycles. The van der Waals surface area contributed by atoms with Crippen LogP contribution in [0.15, 0.2) is 124 Å². The van der Waals surface area contributed by atoms with E-state index in [2.05, 4.69) is 25.3 Å². The second-order valence-corrected chi connectivity index (χ2v) is 11.7. The number of hydrogen-bond donors (Lipinski definition) is 3. The Morgan fingerprint density at radius 3 is 2.38 bits per heavy atom. The van der Waals surface area contributed by atoms with E-state index < -0.39 is 21.1 Å². The van der Waals surface area contributed by atoms with Crippen LogP contribution in [0.5, 0.6) is 5.75 Å². The predicted molar refractivity (Wildman–Crippen MR) is 171 cm³/mol. The van der Waals surface area contributed by atoms with Crippen molar-refractivity contribution in [2.45, 2.75) is 17.4 Å². The standard InChI is InChI=1S/C32H30N6O6S/c39-29(22-44-30-14-16-32(34-21-30)36-35-26-10-12-28(13-11-26)38(40)41)20-33-18-17-23-5-8-27(9-6-23)37-45(42,43)31-15-7-24-3-1-2-4-25(24)19-31/h1-16,19,21,29,33,37,39H,17-18,20,22H2/t29-/m0/s1. The molecule has 0 radical (unpaired) electrons. The number of rotatable bonds is 14. The van der Waals surface area contributed by atoms with Crippen LogP contribution in [-0.4, -0.2) is 49.2 Å². The number of anilines is 1. The molecule has 45 heavy (non-hydrogen) atoms. The number of benzene rings is 4. The van der Waals surface area contributed by atoms with Crippen LogP contribution in [0.3, 0.4) is 0 Å². The maximum Gasteiger partial charge on any atom is 0.269 e. The van der Waals surface area contributed by atoms with E-state index in [9.17, 15) is 23.6 Å². The number of hydrogen-bond acceptors (Lipinski definition) is 10. The Hall–Kier alpha value is -5.24. The maximum atomic E-state index is 12.9. The second-order valence-electron chi connectivity index (χ2n) is 10.1. The molecule has 0 saturated heterocycles. The minimum absolute atomic E-state index is 0.0286. The summed E-state index contributed by atoms with van der Waals surface area (Å²) >= 11 is 0. The quantitative estimate of drug-likeness (QED) is 0.0590. The van der Waals surface area contributed by atoms with Gasteiger partial charge in [0.15, 0.2) is 5.82 Å². The van der Waals surface area contributed by atoms with Crippen LogP contribution in [0.4, 0.5) is 22.9 Å². The average Bonchev–Trinajstić information content (AvgIpc) is 3.06. The summed E-state index contributed by atoms with van der Waals surface area (Å²) in [6.45, 7) is 0.984. The zero-order chi connectivity index (χ0) is 31.6. The van der Waals surface area contributed by atoms with Gasteiger partial charge in [-0.3, -0.25) is 14.8 Å². The van der Waals surface area contributed by atoms with Crippen molar-refractivity contribution < 1.29 is 23.2 Å². The molecule has 0 aliphatic heterocycles. The lowest BCUT2D eigenvalue weighted by Crippen LogP contribution is -2.32. The number of non-ortho nitro benzene ring substituents is 1. The van der Waals surface area contributed by atoms with E-state index in [4.69, 9.17) is 4.74 Å². The molecule has 5 rings (SSSR count). The van der Waals surface area contributed by atoms with Crippen LogP contribution in [0.25, 0.3) is 10.8 Å². The van der Waals surface area contributed by atoms with Crippen molar-refractivity contribution in [2.24, 2.45) is 10.2 Å². The zero-order valence-corrected chi connectivity index (χ0v) is 24.8. The van der Waals surface area contributed by atoms with E-state index in [1.165, 1.54) is 30.5 Å². The average molecular weight is 627 g/mol. The number of azo groups is 1. The van der Waals surface area contributed by atoms with Gasteiger partial charge in [0.25, 0.3) is 15.7 Å².